The van der Waals surface area contributed by atoms with Gasteiger partial charge in [-0.1, -0.05) is 23.9 Å². The average Bonchev–Trinajstić information content (AvgIpc) is 2.68. The third-order valence-electron chi connectivity index (χ3n) is 1.61. The Morgan fingerprint density at radius 1 is 1.50 bits per heavy atom. The summed E-state index contributed by atoms with van der Waals surface area (Å²) in [6.07, 6.45) is 7.20. The van der Waals surface area contributed by atoms with Gasteiger partial charge in [-0.2, -0.15) is 0 Å². The largest absolute Gasteiger partial charge is 0.466 e. The molecule has 1 aliphatic rings. The summed E-state index contributed by atoms with van der Waals surface area (Å²) in [5.41, 5.74) is 1.21. The standard InChI is InChI=1S/C8H13NS.C4H6O2/c1-4-5-8(10)9-6-7(2)3;5-4-2-1-3-6-4/h4-6H,1-3H3,(H,9,10);1-3H2/b5-4-;. The third-order valence-corrected chi connectivity index (χ3v) is 1.86. The number of thiocarbonyl (C=S) groups is 1. The predicted molar refractivity (Wildman–Crippen MR) is 70.2 cm³/mol. The van der Waals surface area contributed by atoms with E-state index in [4.69, 9.17) is 12.2 Å². The second-order valence-electron chi connectivity index (χ2n) is 3.55. The number of hydrogen-bond acceptors (Lipinski definition) is 3. The number of cyclic esters (lactones) is 1. The molecule has 1 saturated heterocycles. The van der Waals surface area contributed by atoms with E-state index in [2.05, 4.69) is 10.1 Å². The molecule has 3 nitrogen and oxygen atoms in total. The molecular formula is C12H19NO2S. The molecular weight excluding hydrogens is 222 g/mol. The summed E-state index contributed by atoms with van der Waals surface area (Å²) in [6, 6.07) is 0. The van der Waals surface area contributed by atoms with Crippen LogP contribution in [-0.2, 0) is 9.53 Å². The average molecular weight is 241 g/mol. The normalized spacial score (nSPS) is 13.8. The minimum Gasteiger partial charge on any atom is -0.466 e. The maximum Gasteiger partial charge on any atom is 0.305 e. The van der Waals surface area contributed by atoms with Crippen molar-refractivity contribution in [3.63, 3.8) is 0 Å². The minimum absolute atomic E-state index is 0.0463. The number of carbonyl (C=O) groups is 1. The van der Waals surface area contributed by atoms with Crippen molar-refractivity contribution < 1.29 is 9.53 Å². The zero-order valence-corrected chi connectivity index (χ0v) is 10.9. The molecule has 0 aromatic rings. The molecule has 0 bridgehead atoms. The van der Waals surface area contributed by atoms with Crippen molar-refractivity contribution in [3.05, 3.63) is 23.9 Å². The Balaban J connectivity index is 0.000000315. The van der Waals surface area contributed by atoms with E-state index in [1.807, 2.05) is 39.1 Å². The Morgan fingerprint density at radius 3 is 2.50 bits per heavy atom. The van der Waals surface area contributed by atoms with Gasteiger partial charge in [0.15, 0.2) is 0 Å². The van der Waals surface area contributed by atoms with Crippen molar-refractivity contribution in [2.75, 3.05) is 6.61 Å². The van der Waals surface area contributed by atoms with Crippen molar-refractivity contribution in [3.8, 4) is 0 Å². The molecule has 0 saturated carbocycles. The first kappa shape index (κ1) is 14.8. The van der Waals surface area contributed by atoms with Crippen LogP contribution < -0.4 is 5.32 Å². The van der Waals surface area contributed by atoms with Crippen LogP contribution in [0, 0.1) is 0 Å². The topological polar surface area (TPSA) is 38.3 Å². The van der Waals surface area contributed by atoms with Crippen LogP contribution in [-0.4, -0.2) is 17.6 Å². The van der Waals surface area contributed by atoms with Gasteiger partial charge in [0.25, 0.3) is 0 Å². The Labute approximate surface area is 103 Å². The Hall–Kier alpha value is -1.16. The van der Waals surface area contributed by atoms with Crippen LogP contribution in [0.3, 0.4) is 0 Å². The van der Waals surface area contributed by atoms with Gasteiger partial charge in [0, 0.05) is 12.6 Å². The fourth-order valence-electron chi connectivity index (χ4n) is 0.890. The zero-order valence-electron chi connectivity index (χ0n) is 10.1. The first-order valence-corrected chi connectivity index (χ1v) is 5.69. The number of ether oxygens (including phenoxy) is 1. The quantitative estimate of drug-likeness (QED) is 0.458. The zero-order chi connectivity index (χ0) is 12.4. The molecule has 1 heterocycles. The van der Waals surface area contributed by atoms with Crippen molar-refractivity contribution in [2.24, 2.45) is 0 Å². The van der Waals surface area contributed by atoms with E-state index in [0.717, 1.165) is 11.4 Å². The Kier molecular flexibility index (Phi) is 8.43. The summed E-state index contributed by atoms with van der Waals surface area (Å²) in [6.45, 7) is 6.62. The van der Waals surface area contributed by atoms with Gasteiger partial charge in [0.05, 0.1) is 6.61 Å². The molecule has 1 N–H and O–H groups in total. The number of carbonyl (C=O) groups excluding carboxylic acids is 1. The highest BCUT2D eigenvalue weighted by Gasteiger charge is 2.08. The molecule has 0 spiro atoms. The van der Waals surface area contributed by atoms with Gasteiger partial charge >= 0.3 is 5.97 Å². The highest BCUT2D eigenvalue weighted by molar-refractivity contribution is 7.80. The van der Waals surface area contributed by atoms with Gasteiger partial charge in [-0.25, -0.2) is 0 Å². The van der Waals surface area contributed by atoms with Gasteiger partial charge in [0.1, 0.15) is 4.99 Å². The lowest BCUT2D eigenvalue weighted by atomic mass is 10.4. The first-order valence-electron chi connectivity index (χ1n) is 5.28. The van der Waals surface area contributed by atoms with Crippen LogP contribution >= 0.6 is 12.2 Å². The summed E-state index contributed by atoms with van der Waals surface area (Å²) < 4.78 is 4.51. The van der Waals surface area contributed by atoms with E-state index < -0.39 is 0 Å². The molecule has 16 heavy (non-hydrogen) atoms. The van der Waals surface area contributed by atoms with E-state index in [9.17, 15) is 4.79 Å². The van der Waals surface area contributed by atoms with Crippen molar-refractivity contribution >= 4 is 23.2 Å². The maximum absolute atomic E-state index is 10.0. The van der Waals surface area contributed by atoms with E-state index in [1.54, 1.807) is 0 Å². The maximum atomic E-state index is 10.0. The number of hydrogen-bond donors (Lipinski definition) is 1. The molecule has 0 aromatic heterocycles. The smallest absolute Gasteiger partial charge is 0.305 e. The summed E-state index contributed by atoms with van der Waals surface area (Å²) in [5, 5.41) is 2.97. The Bertz CT molecular complexity index is 283. The highest BCUT2D eigenvalue weighted by Crippen LogP contribution is 2.01. The van der Waals surface area contributed by atoms with Crippen LogP contribution in [0.15, 0.2) is 23.9 Å². The number of rotatable bonds is 2. The molecule has 4 heteroatoms. The molecule has 0 amide bonds. The molecule has 0 atom stereocenters. The fraction of sp³-hybridized carbons (Fsp3) is 0.500. The van der Waals surface area contributed by atoms with Crippen LogP contribution in [0.4, 0.5) is 0 Å². The van der Waals surface area contributed by atoms with Gasteiger partial charge in [-0.15, -0.1) is 0 Å². The van der Waals surface area contributed by atoms with Gasteiger partial charge in [-0.3, -0.25) is 4.79 Å². The number of allylic oxidation sites excluding steroid dienone is 2. The van der Waals surface area contributed by atoms with Crippen molar-refractivity contribution in [1.29, 1.82) is 0 Å². The van der Waals surface area contributed by atoms with E-state index in [0.29, 0.717) is 13.0 Å². The second kappa shape index (κ2) is 9.09. The van der Waals surface area contributed by atoms with Crippen molar-refractivity contribution in [2.45, 2.75) is 33.6 Å². The fourth-order valence-corrected chi connectivity index (χ4v) is 1.08. The molecule has 0 aromatic carbocycles. The van der Waals surface area contributed by atoms with Crippen LogP contribution in [0.5, 0.6) is 0 Å². The molecule has 0 aliphatic carbocycles. The monoisotopic (exact) mass is 241 g/mol. The molecule has 1 rings (SSSR count). The lowest BCUT2D eigenvalue weighted by Crippen LogP contribution is -2.11. The van der Waals surface area contributed by atoms with Gasteiger partial charge < -0.3 is 10.1 Å². The number of nitrogens with one attached hydrogen (secondary N) is 1. The minimum atomic E-state index is -0.0463. The van der Waals surface area contributed by atoms with Gasteiger partial charge in [-0.05, 0) is 33.3 Å². The molecule has 1 fully saturated rings. The first-order chi connectivity index (χ1) is 7.56. The van der Waals surface area contributed by atoms with Crippen LogP contribution in [0.1, 0.15) is 33.6 Å². The summed E-state index contributed by atoms with van der Waals surface area (Å²) in [5.74, 6) is -0.0463. The molecule has 0 radical (unpaired) electrons. The van der Waals surface area contributed by atoms with Crippen LogP contribution in [0.25, 0.3) is 0 Å². The van der Waals surface area contributed by atoms with Gasteiger partial charge in [0.2, 0.25) is 0 Å². The summed E-state index contributed by atoms with van der Waals surface area (Å²) in [4.78, 5) is 10.8. The highest BCUT2D eigenvalue weighted by atomic mass is 32.1. The lowest BCUT2D eigenvalue weighted by Gasteiger charge is -1.95. The third kappa shape index (κ3) is 9.40. The molecule has 1 aliphatic heterocycles. The van der Waals surface area contributed by atoms with E-state index in [-0.39, 0.29) is 5.97 Å². The number of esters is 1. The summed E-state index contributed by atoms with van der Waals surface area (Å²) >= 11 is 4.93. The van der Waals surface area contributed by atoms with Crippen molar-refractivity contribution in [1.82, 2.24) is 5.32 Å². The lowest BCUT2D eigenvalue weighted by molar-refractivity contribution is -0.137. The molecule has 90 valence electrons. The summed E-state index contributed by atoms with van der Waals surface area (Å²) in [7, 11) is 0. The predicted octanol–water partition coefficient (Wildman–Crippen LogP) is 2.73. The van der Waals surface area contributed by atoms with E-state index >= 15 is 0 Å². The Morgan fingerprint density at radius 2 is 2.19 bits per heavy atom. The molecule has 0 unspecified atom stereocenters. The SMILES string of the molecule is C/C=C\C(=S)NC=C(C)C.O=C1CCCO1. The second-order valence-corrected chi connectivity index (χ2v) is 3.99. The van der Waals surface area contributed by atoms with E-state index in [1.165, 1.54) is 5.57 Å². The van der Waals surface area contributed by atoms with Crippen LogP contribution in [0.2, 0.25) is 0 Å².